The Labute approximate surface area is 134 Å². The molecule has 3 rings (SSSR count). The fourth-order valence-corrected chi connectivity index (χ4v) is 2.64. The van der Waals surface area contributed by atoms with Gasteiger partial charge in [0, 0.05) is 0 Å². The summed E-state index contributed by atoms with van der Waals surface area (Å²) in [6, 6.07) is 13.9. The van der Waals surface area contributed by atoms with Crippen molar-refractivity contribution in [3.8, 4) is 0 Å². The average Bonchev–Trinajstić information content (AvgIpc) is 2.83. The van der Waals surface area contributed by atoms with E-state index >= 15 is 0 Å². The van der Waals surface area contributed by atoms with Gasteiger partial charge in [0.1, 0.15) is 0 Å². The Morgan fingerprint density at radius 3 is 2.09 bits per heavy atom. The fraction of sp³-hybridized carbons (Fsp3) is 0.158. The van der Waals surface area contributed by atoms with Gasteiger partial charge in [-0.25, -0.2) is 0 Å². The third kappa shape index (κ3) is 2.81. The van der Waals surface area contributed by atoms with Gasteiger partial charge in [-0.15, -0.1) is 0 Å². The average molecular weight is 307 g/mol. The number of imide groups is 1. The van der Waals surface area contributed by atoms with Gasteiger partial charge in [-0.3, -0.25) is 14.5 Å². The van der Waals surface area contributed by atoms with E-state index in [4.69, 9.17) is 0 Å². The van der Waals surface area contributed by atoms with Crippen molar-refractivity contribution in [3.05, 3.63) is 76.9 Å². The van der Waals surface area contributed by atoms with Gasteiger partial charge >= 0.3 is 0 Å². The highest BCUT2D eigenvalue weighted by molar-refractivity contribution is 6.21. The summed E-state index contributed by atoms with van der Waals surface area (Å²) >= 11 is 0. The zero-order valence-corrected chi connectivity index (χ0v) is 12.8. The van der Waals surface area contributed by atoms with Crippen molar-refractivity contribution in [1.29, 1.82) is 0 Å². The van der Waals surface area contributed by atoms with E-state index in [9.17, 15) is 14.7 Å². The van der Waals surface area contributed by atoms with Gasteiger partial charge in [-0.1, -0.05) is 54.1 Å². The largest absolute Gasteiger partial charge is 0.394 e. The molecule has 4 heteroatoms. The van der Waals surface area contributed by atoms with E-state index in [0.29, 0.717) is 11.1 Å². The van der Waals surface area contributed by atoms with E-state index < -0.39 is 6.04 Å². The number of rotatable bonds is 4. The molecule has 4 nitrogen and oxygen atoms in total. The molecule has 1 N–H and O–H groups in total. The predicted molar refractivity (Wildman–Crippen MR) is 88.0 cm³/mol. The normalized spacial score (nSPS) is 15.3. The number of hydrogen-bond donors (Lipinski definition) is 1. The van der Waals surface area contributed by atoms with E-state index in [1.54, 1.807) is 30.3 Å². The smallest absolute Gasteiger partial charge is 0.262 e. The SMILES string of the molecule is Cc1ccc(/C=C/[C@H](CO)N2C(=O)c3ccccc3C2=O)cc1. The van der Waals surface area contributed by atoms with Gasteiger partial charge in [0.25, 0.3) is 11.8 Å². The molecule has 116 valence electrons. The highest BCUT2D eigenvalue weighted by Crippen LogP contribution is 2.25. The molecule has 2 aromatic carbocycles. The van der Waals surface area contributed by atoms with Crippen LogP contribution in [0.3, 0.4) is 0 Å². The molecule has 0 saturated heterocycles. The maximum absolute atomic E-state index is 12.4. The standard InChI is InChI=1S/C19H17NO3/c1-13-6-8-14(9-7-13)10-11-15(12-21)20-18(22)16-4-2-3-5-17(16)19(20)23/h2-11,15,21H,12H2,1H3/b11-10+/t15-/m1/s1. The number of aliphatic hydroxyl groups is 1. The highest BCUT2D eigenvalue weighted by Gasteiger charge is 2.38. The minimum absolute atomic E-state index is 0.312. The second-order valence-corrected chi connectivity index (χ2v) is 5.55. The third-order valence-corrected chi connectivity index (χ3v) is 3.93. The summed E-state index contributed by atoms with van der Waals surface area (Å²) in [5.74, 6) is -0.726. The first kappa shape index (κ1) is 15.2. The van der Waals surface area contributed by atoms with Gasteiger partial charge in [-0.2, -0.15) is 0 Å². The molecule has 2 amide bonds. The third-order valence-electron chi connectivity index (χ3n) is 3.93. The number of carbonyl (C=O) groups is 2. The summed E-state index contributed by atoms with van der Waals surface area (Å²) in [6.45, 7) is 1.69. The Balaban J connectivity index is 1.86. The second kappa shape index (κ2) is 6.18. The monoisotopic (exact) mass is 307 g/mol. The molecule has 0 bridgehead atoms. The predicted octanol–water partition coefficient (Wildman–Crippen LogP) is 2.67. The lowest BCUT2D eigenvalue weighted by Crippen LogP contribution is -2.40. The quantitative estimate of drug-likeness (QED) is 0.884. The van der Waals surface area contributed by atoms with E-state index in [1.807, 2.05) is 37.3 Å². The van der Waals surface area contributed by atoms with Crippen LogP contribution in [0.1, 0.15) is 31.8 Å². The van der Waals surface area contributed by atoms with Crippen LogP contribution in [0.15, 0.2) is 54.6 Å². The Morgan fingerprint density at radius 1 is 1.00 bits per heavy atom. The molecule has 1 aliphatic heterocycles. The molecule has 0 aromatic heterocycles. The van der Waals surface area contributed by atoms with Crippen LogP contribution in [0.4, 0.5) is 0 Å². The van der Waals surface area contributed by atoms with Crippen LogP contribution < -0.4 is 0 Å². The van der Waals surface area contributed by atoms with Crippen molar-refractivity contribution >= 4 is 17.9 Å². The number of nitrogens with zero attached hydrogens (tertiary/aromatic N) is 1. The molecule has 23 heavy (non-hydrogen) atoms. The summed E-state index contributed by atoms with van der Waals surface area (Å²) in [5, 5.41) is 9.63. The summed E-state index contributed by atoms with van der Waals surface area (Å²) < 4.78 is 0. The molecule has 0 fully saturated rings. The molecule has 1 aliphatic rings. The van der Waals surface area contributed by atoms with E-state index in [1.165, 1.54) is 0 Å². The Kier molecular flexibility index (Phi) is 4.08. The Bertz CT molecular complexity index is 742. The summed E-state index contributed by atoms with van der Waals surface area (Å²) in [4.78, 5) is 26.0. The molecule has 0 aliphatic carbocycles. The zero-order chi connectivity index (χ0) is 16.4. The number of aryl methyl sites for hydroxylation is 1. The van der Waals surface area contributed by atoms with Gasteiger partial charge in [0.05, 0.1) is 23.8 Å². The number of benzene rings is 2. The second-order valence-electron chi connectivity index (χ2n) is 5.55. The van der Waals surface area contributed by atoms with Crippen LogP contribution >= 0.6 is 0 Å². The maximum atomic E-state index is 12.4. The van der Waals surface area contributed by atoms with Gasteiger partial charge in [0.2, 0.25) is 0 Å². The van der Waals surface area contributed by atoms with Crippen LogP contribution in [0.25, 0.3) is 6.08 Å². The summed E-state index contributed by atoms with van der Waals surface area (Å²) in [7, 11) is 0. The Morgan fingerprint density at radius 2 is 1.57 bits per heavy atom. The van der Waals surface area contributed by atoms with Crippen molar-refractivity contribution < 1.29 is 14.7 Å². The number of hydrogen-bond acceptors (Lipinski definition) is 3. The van der Waals surface area contributed by atoms with Crippen LogP contribution in [0.5, 0.6) is 0 Å². The molecule has 1 heterocycles. The number of aliphatic hydroxyl groups excluding tert-OH is 1. The molecular weight excluding hydrogens is 290 g/mol. The van der Waals surface area contributed by atoms with Gasteiger partial charge < -0.3 is 5.11 Å². The van der Waals surface area contributed by atoms with Crippen LogP contribution in [-0.2, 0) is 0 Å². The van der Waals surface area contributed by atoms with Crippen molar-refractivity contribution in [2.24, 2.45) is 0 Å². The van der Waals surface area contributed by atoms with Crippen molar-refractivity contribution in [2.75, 3.05) is 6.61 Å². The van der Waals surface area contributed by atoms with Gasteiger partial charge in [0.15, 0.2) is 0 Å². The van der Waals surface area contributed by atoms with Crippen molar-refractivity contribution in [1.82, 2.24) is 4.90 Å². The van der Waals surface area contributed by atoms with Crippen LogP contribution in [0.2, 0.25) is 0 Å². The highest BCUT2D eigenvalue weighted by atomic mass is 16.3. The number of fused-ring (bicyclic) bond motifs is 1. The van der Waals surface area contributed by atoms with Gasteiger partial charge in [-0.05, 0) is 24.6 Å². The molecule has 0 unspecified atom stereocenters. The maximum Gasteiger partial charge on any atom is 0.262 e. The lowest BCUT2D eigenvalue weighted by Gasteiger charge is -2.21. The van der Waals surface area contributed by atoms with Crippen LogP contribution in [0, 0.1) is 6.92 Å². The summed E-state index contributed by atoms with van der Waals surface area (Å²) in [5.41, 5.74) is 2.88. The Hall–Kier alpha value is -2.72. The molecular formula is C19H17NO3. The molecule has 1 atom stereocenters. The molecule has 0 radical (unpaired) electrons. The van der Waals surface area contributed by atoms with E-state index in [0.717, 1.165) is 16.0 Å². The number of carbonyl (C=O) groups excluding carboxylic acids is 2. The van der Waals surface area contributed by atoms with Crippen LogP contribution in [-0.4, -0.2) is 34.5 Å². The minimum Gasteiger partial charge on any atom is -0.394 e. The first-order valence-corrected chi connectivity index (χ1v) is 7.44. The summed E-state index contributed by atoms with van der Waals surface area (Å²) in [6.07, 6.45) is 3.50. The van der Waals surface area contributed by atoms with Crippen molar-refractivity contribution in [2.45, 2.75) is 13.0 Å². The first-order valence-electron chi connectivity index (χ1n) is 7.44. The molecule has 2 aromatic rings. The van der Waals surface area contributed by atoms with E-state index in [2.05, 4.69) is 0 Å². The van der Waals surface area contributed by atoms with E-state index in [-0.39, 0.29) is 18.4 Å². The van der Waals surface area contributed by atoms with Crippen molar-refractivity contribution in [3.63, 3.8) is 0 Å². The minimum atomic E-state index is -0.677. The number of amides is 2. The fourth-order valence-electron chi connectivity index (χ4n) is 2.64. The lowest BCUT2D eigenvalue weighted by molar-refractivity contribution is 0.0565. The topological polar surface area (TPSA) is 57.6 Å². The lowest BCUT2D eigenvalue weighted by atomic mass is 10.1. The molecule has 0 saturated carbocycles. The molecule has 0 spiro atoms. The first-order chi connectivity index (χ1) is 11.1. The zero-order valence-electron chi connectivity index (χ0n) is 12.8.